The molecule has 1 saturated heterocycles. The molecule has 0 amide bonds. The van der Waals surface area contributed by atoms with Crippen molar-refractivity contribution in [3.8, 4) is 0 Å². The molecule has 1 fully saturated rings. The Morgan fingerprint density at radius 3 is 2.43 bits per heavy atom. The molecule has 0 saturated carbocycles. The number of carbonyl (C=O) groups is 1. The standard InChI is InChI=1S/C7H8F3NO9S/c8-7(9,10)21(17,18)20-5-3(13)4(19-6(5)14)2(12)1-11(15)16/h2-5,12-13H,1H2/t2-,3+,4-,5-/m1/s1. The molecule has 0 aromatic heterocycles. The van der Waals surface area contributed by atoms with Crippen LogP contribution in [-0.4, -0.2) is 66.0 Å². The summed E-state index contributed by atoms with van der Waals surface area (Å²) < 4.78 is 65.4. The topological polar surface area (TPSA) is 153 Å². The molecular formula is C7H8F3NO9S. The second kappa shape index (κ2) is 5.70. The van der Waals surface area contributed by atoms with E-state index in [1.807, 2.05) is 0 Å². The third-order valence-electron chi connectivity index (χ3n) is 2.36. The molecule has 0 aliphatic carbocycles. The number of nitro groups is 1. The third kappa shape index (κ3) is 3.78. The summed E-state index contributed by atoms with van der Waals surface area (Å²) in [7, 11) is -6.20. The van der Waals surface area contributed by atoms with Gasteiger partial charge in [0.05, 0.1) is 0 Å². The number of esters is 1. The van der Waals surface area contributed by atoms with Crippen LogP contribution in [0.4, 0.5) is 13.2 Å². The summed E-state index contributed by atoms with van der Waals surface area (Å²) >= 11 is 0. The number of hydrogen-bond acceptors (Lipinski definition) is 9. The smallest absolute Gasteiger partial charge is 0.454 e. The van der Waals surface area contributed by atoms with Gasteiger partial charge in [-0.05, 0) is 0 Å². The highest BCUT2D eigenvalue weighted by Crippen LogP contribution is 2.30. The van der Waals surface area contributed by atoms with Gasteiger partial charge in [0.25, 0.3) is 0 Å². The second-order valence-corrected chi connectivity index (χ2v) is 5.46. The molecule has 21 heavy (non-hydrogen) atoms. The first-order chi connectivity index (χ1) is 9.36. The van der Waals surface area contributed by atoms with E-state index in [0.29, 0.717) is 0 Å². The van der Waals surface area contributed by atoms with Crippen LogP contribution in [0.5, 0.6) is 0 Å². The number of cyclic esters (lactones) is 1. The van der Waals surface area contributed by atoms with E-state index in [1.54, 1.807) is 0 Å². The average Bonchev–Trinajstić information content (AvgIpc) is 2.54. The zero-order valence-corrected chi connectivity index (χ0v) is 10.6. The van der Waals surface area contributed by atoms with E-state index in [9.17, 15) is 46.7 Å². The molecule has 0 unspecified atom stereocenters. The van der Waals surface area contributed by atoms with E-state index >= 15 is 0 Å². The molecule has 0 spiro atoms. The Kier molecular flexibility index (Phi) is 4.76. The van der Waals surface area contributed by atoms with Crippen LogP contribution in [-0.2, 0) is 23.8 Å². The molecule has 1 rings (SSSR count). The molecule has 4 atom stereocenters. The molecule has 0 bridgehead atoms. The molecule has 1 aliphatic rings. The Labute approximate surface area is 114 Å². The van der Waals surface area contributed by atoms with E-state index in [0.717, 1.165) is 0 Å². The summed E-state index contributed by atoms with van der Waals surface area (Å²) in [4.78, 5) is 20.3. The van der Waals surface area contributed by atoms with E-state index < -0.39 is 57.5 Å². The lowest BCUT2D eigenvalue weighted by atomic mass is 10.1. The minimum absolute atomic E-state index is 1.04. The SMILES string of the molecule is O=C1O[C@H]([C@H](O)C[N+](=O)[O-])[C@H](O)[C@H]1OS(=O)(=O)C(F)(F)F. The number of aliphatic hydroxyl groups is 2. The van der Waals surface area contributed by atoms with Crippen molar-refractivity contribution in [2.75, 3.05) is 6.54 Å². The number of aliphatic hydroxyl groups excluding tert-OH is 2. The van der Waals surface area contributed by atoms with Crippen LogP contribution < -0.4 is 0 Å². The summed E-state index contributed by atoms with van der Waals surface area (Å²) in [6.07, 6.45) is -8.95. The second-order valence-electron chi connectivity index (χ2n) is 3.89. The summed E-state index contributed by atoms with van der Waals surface area (Å²) in [6, 6.07) is 0. The van der Waals surface area contributed by atoms with Crippen LogP contribution in [0, 0.1) is 10.1 Å². The fourth-order valence-corrected chi connectivity index (χ4v) is 2.01. The Morgan fingerprint density at radius 1 is 1.48 bits per heavy atom. The van der Waals surface area contributed by atoms with E-state index in [1.165, 1.54) is 0 Å². The van der Waals surface area contributed by atoms with E-state index in [-0.39, 0.29) is 0 Å². The molecule has 10 nitrogen and oxygen atoms in total. The summed E-state index contributed by atoms with van der Waals surface area (Å²) in [5.41, 5.74) is -5.84. The molecule has 122 valence electrons. The quantitative estimate of drug-likeness (QED) is 0.193. The van der Waals surface area contributed by atoms with Gasteiger partial charge in [-0.3, -0.25) is 10.1 Å². The minimum Gasteiger partial charge on any atom is -0.454 e. The number of rotatable bonds is 5. The van der Waals surface area contributed by atoms with E-state index in [4.69, 9.17) is 0 Å². The summed E-state index contributed by atoms with van der Waals surface area (Å²) in [6.45, 7) is -1.19. The first-order valence-corrected chi connectivity index (χ1v) is 6.45. The first kappa shape index (κ1) is 17.5. The highest BCUT2D eigenvalue weighted by Gasteiger charge is 2.56. The first-order valence-electron chi connectivity index (χ1n) is 5.05. The third-order valence-corrected chi connectivity index (χ3v) is 3.39. The minimum atomic E-state index is -6.20. The van der Waals surface area contributed by atoms with Gasteiger partial charge in [0, 0.05) is 4.92 Å². The zero-order valence-electron chi connectivity index (χ0n) is 9.76. The molecule has 0 aromatic rings. The average molecular weight is 339 g/mol. The zero-order chi connectivity index (χ0) is 16.6. The Hall–Kier alpha value is -1.51. The lowest BCUT2D eigenvalue weighted by Crippen LogP contribution is -2.44. The molecule has 0 aromatic carbocycles. The predicted molar refractivity (Wildman–Crippen MR) is 53.6 cm³/mol. The Balaban J connectivity index is 2.88. The van der Waals surface area contributed by atoms with Crippen molar-refractivity contribution in [1.82, 2.24) is 0 Å². The number of alkyl halides is 3. The van der Waals surface area contributed by atoms with E-state index in [2.05, 4.69) is 8.92 Å². The molecule has 1 heterocycles. The number of nitrogens with zero attached hydrogens (tertiary/aromatic N) is 1. The molecule has 14 heteroatoms. The van der Waals surface area contributed by atoms with Crippen molar-refractivity contribution in [3.63, 3.8) is 0 Å². The van der Waals surface area contributed by atoms with Gasteiger partial charge in [-0.15, -0.1) is 0 Å². The van der Waals surface area contributed by atoms with Crippen LogP contribution in [0.3, 0.4) is 0 Å². The van der Waals surface area contributed by atoms with Gasteiger partial charge in [-0.2, -0.15) is 21.6 Å². The van der Waals surface area contributed by atoms with Crippen molar-refractivity contribution in [1.29, 1.82) is 0 Å². The van der Waals surface area contributed by atoms with Crippen molar-refractivity contribution in [2.45, 2.75) is 29.9 Å². The molecule has 1 aliphatic heterocycles. The number of carbonyl (C=O) groups excluding carboxylic acids is 1. The van der Waals surface area contributed by atoms with Crippen LogP contribution in [0.1, 0.15) is 0 Å². The Morgan fingerprint density at radius 2 is 2.00 bits per heavy atom. The predicted octanol–water partition coefficient (Wildman–Crippen LogP) is -1.85. The van der Waals surface area contributed by atoms with Gasteiger partial charge in [-0.25, -0.2) is 8.98 Å². The highest BCUT2D eigenvalue weighted by molar-refractivity contribution is 7.87. The number of hydrogen-bond donors (Lipinski definition) is 2. The van der Waals surface area contributed by atoms with Crippen molar-refractivity contribution in [2.24, 2.45) is 0 Å². The summed E-state index contributed by atoms with van der Waals surface area (Å²) in [5, 5.41) is 28.9. The van der Waals surface area contributed by atoms with Crippen molar-refractivity contribution < 1.29 is 50.4 Å². The van der Waals surface area contributed by atoms with Gasteiger partial charge in [0.15, 0.2) is 12.2 Å². The molecule has 2 N–H and O–H groups in total. The molecular weight excluding hydrogens is 331 g/mol. The normalized spacial score (nSPS) is 28.2. The highest BCUT2D eigenvalue weighted by atomic mass is 32.2. The monoisotopic (exact) mass is 339 g/mol. The fraction of sp³-hybridized carbons (Fsp3) is 0.857. The lowest BCUT2D eigenvalue weighted by Gasteiger charge is -2.18. The lowest BCUT2D eigenvalue weighted by molar-refractivity contribution is -0.493. The summed E-state index contributed by atoms with van der Waals surface area (Å²) in [5.74, 6) is -1.71. The largest absolute Gasteiger partial charge is 0.523 e. The Bertz CT molecular complexity index is 532. The van der Waals surface area contributed by atoms with Crippen molar-refractivity contribution in [3.05, 3.63) is 10.1 Å². The number of ether oxygens (including phenoxy) is 1. The van der Waals surface area contributed by atoms with Gasteiger partial charge in [0.1, 0.15) is 6.10 Å². The maximum absolute atomic E-state index is 12.1. The van der Waals surface area contributed by atoms with Crippen LogP contribution in [0.15, 0.2) is 0 Å². The van der Waals surface area contributed by atoms with Gasteiger partial charge < -0.3 is 14.9 Å². The van der Waals surface area contributed by atoms with Crippen LogP contribution in [0.25, 0.3) is 0 Å². The van der Waals surface area contributed by atoms with Gasteiger partial charge >= 0.3 is 21.6 Å². The maximum Gasteiger partial charge on any atom is 0.523 e. The van der Waals surface area contributed by atoms with Gasteiger partial charge in [-0.1, -0.05) is 0 Å². The van der Waals surface area contributed by atoms with Crippen molar-refractivity contribution >= 4 is 16.1 Å². The fourth-order valence-electron chi connectivity index (χ4n) is 1.43. The molecule has 0 radical (unpaired) electrons. The number of halogens is 3. The van der Waals surface area contributed by atoms with Crippen LogP contribution in [0.2, 0.25) is 0 Å². The maximum atomic E-state index is 12.1. The van der Waals surface area contributed by atoms with Gasteiger partial charge in [0.2, 0.25) is 12.6 Å². The van der Waals surface area contributed by atoms with Crippen LogP contribution >= 0.6 is 0 Å².